The Hall–Kier alpha value is -1.15. The van der Waals surface area contributed by atoms with Gasteiger partial charge in [-0.05, 0) is 5.56 Å². The number of hydrogen-bond donors (Lipinski definition) is 1. The second-order valence-electron chi connectivity index (χ2n) is 5.26. The summed E-state index contributed by atoms with van der Waals surface area (Å²) in [5.41, 5.74) is 0.496. The number of aliphatic hydroxyl groups is 1. The summed E-state index contributed by atoms with van der Waals surface area (Å²) in [4.78, 5) is 11.9. The molecule has 88 valence electrons. The molecule has 2 unspecified atom stereocenters. The lowest BCUT2D eigenvalue weighted by molar-refractivity contribution is -0.135. The van der Waals surface area contributed by atoms with Crippen LogP contribution in [-0.2, 0) is 4.79 Å². The zero-order valence-corrected chi connectivity index (χ0v) is 10.4. The lowest BCUT2D eigenvalue weighted by Gasteiger charge is -2.25. The van der Waals surface area contributed by atoms with Crippen LogP contribution in [0.2, 0.25) is 0 Å². The minimum absolute atomic E-state index is 0.108. The third-order valence-electron chi connectivity index (χ3n) is 2.81. The Balaban J connectivity index is 2.83. The van der Waals surface area contributed by atoms with Gasteiger partial charge >= 0.3 is 0 Å². The van der Waals surface area contributed by atoms with Crippen molar-refractivity contribution in [3.8, 4) is 0 Å². The monoisotopic (exact) mass is 220 g/mol. The number of ketones is 1. The van der Waals surface area contributed by atoms with Gasteiger partial charge in [-0.15, -0.1) is 0 Å². The van der Waals surface area contributed by atoms with Crippen molar-refractivity contribution < 1.29 is 9.90 Å². The van der Waals surface area contributed by atoms with Gasteiger partial charge in [0.15, 0.2) is 5.78 Å². The minimum Gasteiger partial charge on any atom is -0.385 e. The Kier molecular flexibility index (Phi) is 3.87. The summed E-state index contributed by atoms with van der Waals surface area (Å²) in [6.45, 7) is 7.37. The fraction of sp³-hybridized carbons (Fsp3) is 0.500. The van der Waals surface area contributed by atoms with Crippen molar-refractivity contribution >= 4 is 5.78 Å². The SMILES string of the molecule is CC(c1ccccc1)C(O)C(=O)C(C)(C)C. The number of aliphatic hydroxyl groups excluding tert-OH is 1. The van der Waals surface area contributed by atoms with E-state index < -0.39 is 11.5 Å². The molecule has 0 fully saturated rings. The van der Waals surface area contributed by atoms with E-state index in [2.05, 4.69) is 0 Å². The number of carbonyl (C=O) groups is 1. The van der Waals surface area contributed by atoms with Crippen LogP contribution in [0.4, 0.5) is 0 Å². The molecule has 0 radical (unpaired) electrons. The molecule has 0 aromatic heterocycles. The Morgan fingerprint density at radius 1 is 1.19 bits per heavy atom. The molecule has 2 atom stereocenters. The molecular formula is C14H20O2. The van der Waals surface area contributed by atoms with E-state index in [1.54, 1.807) is 0 Å². The van der Waals surface area contributed by atoms with Crippen LogP contribution in [0.5, 0.6) is 0 Å². The average Bonchev–Trinajstić information content (AvgIpc) is 2.26. The Morgan fingerprint density at radius 3 is 2.12 bits per heavy atom. The van der Waals surface area contributed by atoms with E-state index >= 15 is 0 Å². The van der Waals surface area contributed by atoms with Crippen LogP contribution in [0, 0.1) is 5.41 Å². The normalized spacial score (nSPS) is 15.6. The van der Waals surface area contributed by atoms with E-state index in [4.69, 9.17) is 0 Å². The van der Waals surface area contributed by atoms with Crippen LogP contribution in [0.25, 0.3) is 0 Å². The topological polar surface area (TPSA) is 37.3 Å². The van der Waals surface area contributed by atoms with E-state index in [1.807, 2.05) is 58.0 Å². The highest BCUT2D eigenvalue weighted by Crippen LogP contribution is 2.26. The van der Waals surface area contributed by atoms with E-state index in [0.717, 1.165) is 5.56 Å². The molecule has 0 saturated carbocycles. The summed E-state index contributed by atoms with van der Waals surface area (Å²) in [7, 11) is 0. The molecule has 0 spiro atoms. The lowest BCUT2D eigenvalue weighted by Crippen LogP contribution is -2.35. The largest absolute Gasteiger partial charge is 0.385 e. The summed E-state index contributed by atoms with van der Waals surface area (Å²) in [5, 5.41) is 10.0. The van der Waals surface area contributed by atoms with Crippen LogP contribution < -0.4 is 0 Å². The predicted octanol–water partition coefficient (Wildman–Crippen LogP) is 2.77. The average molecular weight is 220 g/mol. The fourth-order valence-corrected chi connectivity index (χ4v) is 1.61. The molecule has 1 aromatic carbocycles. The number of Topliss-reactive ketones (excluding diaryl/α,β-unsaturated/α-hetero) is 1. The fourth-order valence-electron chi connectivity index (χ4n) is 1.61. The first kappa shape index (κ1) is 12.9. The van der Waals surface area contributed by atoms with Crippen molar-refractivity contribution in [2.45, 2.75) is 39.7 Å². The van der Waals surface area contributed by atoms with Crippen LogP contribution in [0.15, 0.2) is 30.3 Å². The summed E-state index contributed by atoms with van der Waals surface area (Å²) in [6.07, 6.45) is -0.928. The zero-order chi connectivity index (χ0) is 12.3. The van der Waals surface area contributed by atoms with Crippen molar-refractivity contribution in [3.63, 3.8) is 0 Å². The van der Waals surface area contributed by atoms with E-state index in [9.17, 15) is 9.90 Å². The Labute approximate surface area is 97.3 Å². The van der Waals surface area contributed by atoms with E-state index in [1.165, 1.54) is 0 Å². The van der Waals surface area contributed by atoms with Crippen molar-refractivity contribution in [3.05, 3.63) is 35.9 Å². The van der Waals surface area contributed by atoms with Gasteiger partial charge in [0.05, 0.1) is 0 Å². The van der Waals surface area contributed by atoms with Crippen LogP contribution in [-0.4, -0.2) is 17.0 Å². The summed E-state index contributed by atoms with van der Waals surface area (Å²) >= 11 is 0. The highest BCUT2D eigenvalue weighted by molar-refractivity contribution is 5.88. The van der Waals surface area contributed by atoms with E-state index in [0.29, 0.717) is 0 Å². The molecule has 16 heavy (non-hydrogen) atoms. The second kappa shape index (κ2) is 4.79. The molecule has 0 bridgehead atoms. The standard InChI is InChI=1S/C14H20O2/c1-10(11-8-6-5-7-9-11)12(15)13(16)14(2,3)4/h5-10,12,15H,1-4H3. The summed E-state index contributed by atoms with van der Waals surface area (Å²) in [5.74, 6) is -0.267. The molecule has 0 aliphatic carbocycles. The number of carbonyl (C=O) groups excluding carboxylic acids is 1. The minimum atomic E-state index is -0.928. The van der Waals surface area contributed by atoms with Gasteiger partial charge in [-0.3, -0.25) is 4.79 Å². The van der Waals surface area contributed by atoms with Gasteiger partial charge in [0.2, 0.25) is 0 Å². The molecule has 0 aliphatic heterocycles. The van der Waals surface area contributed by atoms with Crippen LogP contribution in [0.1, 0.15) is 39.2 Å². The Morgan fingerprint density at radius 2 is 1.69 bits per heavy atom. The second-order valence-corrected chi connectivity index (χ2v) is 5.26. The van der Waals surface area contributed by atoms with Crippen molar-refractivity contribution in [1.82, 2.24) is 0 Å². The highest BCUT2D eigenvalue weighted by atomic mass is 16.3. The molecule has 0 amide bonds. The molecule has 1 aromatic rings. The van der Waals surface area contributed by atoms with Gasteiger partial charge in [-0.2, -0.15) is 0 Å². The van der Waals surface area contributed by atoms with Gasteiger partial charge in [0.25, 0.3) is 0 Å². The maximum atomic E-state index is 11.9. The smallest absolute Gasteiger partial charge is 0.167 e. The van der Waals surface area contributed by atoms with Gasteiger partial charge in [-0.1, -0.05) is 58.0 Å². The van der Waals surface area contributed by atoms with Gasteiger partial charge in [-0.25, -0.2) is 0 Å². The van der Waals surface area contributed by atoms with Crippen molar-refractivity contribution in [2.75, 3.05) is 0 Å². The highest BCUT2D eigenvalue weighted by Gasteiger charge is 2.32. The maximum absolute atomic E-state index is 11.9. The summed E-state index contributed by atoms with van der Waals surface area (Å²) < 4.78 is 0. The molecule has 0 saturated heterocycles. The van der Waals surface area contributed by atoms with Crippen molar-refractivity contribution in [2.24, 2.45) is 5.41 Å². The number of benzene rings is 1. The zero-order valence-electron chi connectivity index (χ0n) is 10.4. The van der Waals surface area contributed by atoms with Crippen LogP contribution >= 0.6 is 0 Å². The van der Waals surface area contributed by atoms with Gasteiger partial charge in [0, 0.05) is 11.3 Å². The third kappa shape index (κ3) is 2.92. The van der Waals surface area contributed by atoms with Gasteiger partial charge < -0.3 is 5.11 Å². The Bertz CT molecular complexity index is 349. The molecule has 1 N–H and O–H groups in total. The predicted molar refractivity (Wildman–Crippen MR) is 65.3 cm³/mol. The quantitative estimate of drug-likeness (QED) is 0.850. The first-order valence-electron chi connectivity index (χ1n) is 5.61. The number of hydrogen-bond acceptors (Lipinski definition) is 2. The number of rotatable bonds is 3. The maximum Gasteiger partial charge on any atom is 0.167 e. The third-order valence-corrected chi connectivity index (χ3v) is 2.81. The summed E-state index contributed by atoms with van der Waals surface area (Å²) in [6, 6.07) is 9.63. The first-order chi connectivity index (χ1) is 7.34. The van der Waals surface area contributed by atoms with Crippen LogP contribution in [0.3, 0.4) is 0 Å². The molecule has 0 aliphatic rings. The molecular weight excluding hydrogens is 200 g/mol. The molecule has 0 heterocycles. The lowest BCUT2D eigenvalue weighted by atomic mass is 9.81. The first-order valence-corrected chi connectivity index (χ1v) is 5.61. The van der Waals surface area contributed by atoms with Gasteiger partial charge in [0.1, 0.15) is 6.10 Å². The molecule has 2 heteroatoms. The molecule has 1 rings (SSSR count). The van der Waals surface area contributed by atoms with E-state index in [-0.39, 0.29) is 11.7 Å². The molecule has 2 nitrogen and oxygen atoms in total. The van der Waals surface area contributed by atoms with Crippen molar-refractivity contribution in [1.29, 1.82) is 0 Å².